The van der Waals surface area contributed by atoms with Crippen molar-refractivity contribution >= 4 is 11.9 Å². The molecular weight excluding hydrogens is 409 g/mol. The van der Waals surface area contributed by atoms with Crippen LogP contribution < -0.4 is 4.74 Å². The Morgan fingerprint density at radius 1 is 1.27 bits per heavy atom. The Labute approximate surface area is 169 Å². The molecule has 4 rings (SSSR count). The number of hydrogen-bond donors (Lipinski definition) is 1. The van der Waals surface area contributed by atoms with Crippen molar-refractivity contribution < 1.29 is 41.8 Å². The average molecular weight is 428 g/mol. The molecule has 0 radical (unpaired) electrons. The third-order valence-corrected chi connectivity index (χ3v) is 4.73. The van der Waals surface area contributed by atoms with E-state index in [1.807, 2.05) is 17.0 Å². The number of aromatic nitrogens is 1. The molecule has 8 nitrogen and oxygen atoms in total. The molecule has 11 heteroatoms. The van der Waals surface area contributed by atoms with E-state index in [9.17, 15) is 18.0 Å². The van der Waals surface area contributed by atoms with Gasteiger partial charge in [-0.2, -0.15) is 13.2 Å². The molecule has 162 valence electrons. The summed E-state index contributed by atoms with van der Waals surface area (Å²) < 4.78 is 48.7. The van der Waals surface area contributed by atoms with E-state index in [0.717, 1.165) is 18.6 Å². The lowest BCUT2D eigenvalue weighted by atomic mass is 10.1. The molecule has 1 amide bonds. The number of carbonyl (C=O) groups excluding carboxylic acids is 1. The van der Waals surface area contributed by atoms with Gasteiger partial charge in [0.2, 0.25) is 0 Å². The number of rotatable bonds is 3. The number of ether oxygens (including phenoxy) is 2. The summed E-state index contributed by atoms with van der Waals surface area (Å²) in [6.45, 7) is 1.13. The van der Waals surface area contributed by atoms with Crippen LogP contribution in [0.5, 0.6) is 5.75 Å². The molecule has 1 saturated carbocycles. The SMILES string of the molecule is O=C(O)C(F)(F)F.O=C(c1ccoc1)N1CCO[C@H]2[C@H](Oc3cccnc3)CC[C@@H]21. The number of furan rings is 1. The fourth-order valence-electron chi connectivity index (χ4n) is 3.44. The summed E-state index contributed by atoms with van der Waals surface area (Å²) in [4.78, 5) is 27.5. The van der Waals surface area contributed by atoms with Crippen molar-refractivity contribution in [1.82, 2.24) is 9.88 Å². The molecule has 1 N–H and O–H groups in total. The maximum atomic E-state index is 12.6. The van der Waals surface area contributed by atoms with Gasteiger partial charge in [0.15, 0.2) is 0 Å². The molecule has 3 atom stereocenters. The zero-order valence-corrected chi connectivity index (χ0v) is 15.6. The van der Waals surface area contributed by atoms with Crippen LogP contribution >= 0.6 is 0 Å². The highest BCUT2D eigenvalue weighted by Crippen LogP contribution is 2.33. The first-order valence-electron chi connectivity index (χ1n) is 9.09. The van der Waals surface area contributed by atoms with Crippen LogP contribution in [0.1, 0.15) is 23.2 Å². The van der Waals surface area contributed by atoms with Gasteiger partial charge in [0, 0.05) is 12.7 Å². The second-order valence-electron chi connectivity index (χ2n) is 6.64. The Bertz CT molecular complexity index is 844. The topological polar surface area (TPSA) is 102 Å². The number of hydrogen-bond acceptors (Lipinski definition) is 6. The minimum atomic E-state index is -5.08. The van der Waals surface area contributed by atoms with Crippen molar-refractivity contribution in [3.05, 3.63) is 48.7 Å². The van der Waals surface area contributed by atoms with Gasteiger partial charge < -0.3 is 23.9 Å². The van der Waals surface area contributed by atoms with Crippen LogP contribution in [0.4, 0.5) is 13.2 Å². The van der Waals surface area contributed by atoms with Crippen LogP contribution in [-0.4, -0.2) is 64.4 Å². The number of carboxylic acids is 1. The van der Waals surface area contributed by atoms with Gasteiger partial charge in [-0.15, -0.1) is 0 Å². The molecule has 0 aromatic carbocycles. The number of aliphatic carboxylic acids is 1. The van der Waals surface area contributed by atoms with Crippen LogP contribution in [0.15, 0.2) is 47.5 Å². The number of pyridine rings is 1. The minimum Gasteiger partial charge on any atom is -0.486 e. The van der Waals surface area contributed by atoms with Crippen molar-refractivity contribution in [2.75, 3.05) is 13.2 Å². The first kappa shape index (κ1) is 21.6. The maximum absolute atomic E-state index is 12.6. The highest BCUT2D eigenvalue weighted by Gasteiger charge is 2.46. The van der Waals surface area contributed by atoms with E-state index in [4.69, 9.17) is 23.8 Å². The maximum Gasteiger partial charge on any atom is 0.490 e. The third-order valence-electron chi connectivity index (χ3n) is 4.73. The molecular formula is C19H19F3N2O6. The Balaban J connectivity index is 0.000000318. The van der Waals surface area contributed by atoms with Gasteiger partial charge in [-0.25, -0.2) is 4.79 Å². The number of carbonyl (C=O) groups is 2. The molecule has 0 bridgehead atoms. The van der Waals surface area contributed by atoms with Crippen LogP contribution in [0.2, 0.25) is 0 Å². The molecule has 2 aromatic heterocycles. The lowest BCUT2D eigenvalue weighted by Gasteiger charge is -2.38. The molecule has 1 aliphatic heterocycles. The molecule has 0 spiro atoms. The minimum absolute atomic E-state index is 0.000854. The predicted molar refractivity (Wildman–Crippen MR) is 94.9 cm³/mol. The normalized spacial score (nSPS) is 23.2. The summed E-state index contributed by atoms with van der Waals surface area (Å²) in [5.74, 6) is -2.02. The lowest BCUT2D eigenvalue weighted by molar-refractivity contribution is -0.192. The van der Waals surface area contributed by atoms with Crippen molar-refractivity contribution in [2.24, 2.45) is 0 Å². The van der Waals surface area contributed by atoms with Gasteiger partial charge in [-0.1, -0.05) is 0 Å². The molecule has 30 heavy (non-hydrogen) atoms. The fourth-order valence-corrected chi connectivity index (χ4v) is 3.44. The molecule has 2 fully saturated rings. The van der Waals surface area contributed by atoms with E-state index < -0.39 is 12.1 Å². The van der Waals surface area contributed by atoms with Crippen LogP contribution in [-0.2, 0) is 9.53 Å². The molecule has 1 aliphatic carbocycles. The highest BCUT2D eigenvalue weighted by molar-refractivity contribution is 5.94. The Morgan fingerprint density at radius 3 is 2.63 bits per heavy atom. The summed E-state index contributed by atoms with van der Waals surface area (Å²) in [7, 11) is 0. The van der Waals surface area contributed by atoms with Crippen LogP contribution in [0.3, 0.4) is 0 Å². The van der Waals surface area contributed by atoms with Gasteiger partial charge in [0.1, 0.15) is 24.2 Å². The summed E-state index contributed by atoms with van der Waals surface area (Å²) in [6, 6.07) is 5.48. The lowest BCUT2D eigenvalue weighted by Crippen LogP contribution is -2.54. The number of halogens is 3. The highest BCUT2D eigenvalue weighted by atomic mass is 19.4. The third kappa shape index (κ3) is 5.09. The number of morpholine rings is 1. The first-order valence-corrected chi connectivity index (χ1v) is 9.09. The molecule has 0 unspecified atom stereocenters. The summed E-state index contributed by atoms with van der Waals surface area (Å²) in [6.07, 6.45) is 2.93. The van der Waals surface area contributed by atoms with Crippen molar-refractivity contribution in [3.63, 3.8) is 0 Å². The smallest absolute Gasteiger partial charge is 0.486 e. The van der Waals surface area contributed by atoms with Gasteiger partial charge >= 0.3 is 12.1 Å². The van der Waals surface area contributed by atoms with E-state index in [0.29, 0.717) is 18.7 Å². The summed E-state index contributed by atoms with van der Waals surface area (Å²) in [5.41, 5.74) is 0.585. The van der Waals surface area contributed by atoms with Gasteiger partial charge in [-0.05, 0) is 31.0 Å². The predicted octanol–water partition coefficient (Wildman–Crippen LogP) is 2.76. The summed E-state index contributed by atoms with van der Waals surface area (Å²) in [5, 5.41) is 7.12. The summed E-state index contributed by atoms with van der Waals surface area (Å²) >= 11 is 0. The van der Waals surface area contributed by atoms with E-state index >= 15 is 0 Å². The standard InChI is InChI=1S/C17H18N2O4.C2HF3O2/c20-17(12-5-8-21-11-12)19-7-9-22-16-14(19)3-4-15(16)23-13-2-1-6-18-10-13;3-2(4,5)1(6)7/h1-2,5-6,8,10-11,14-16H,3-4,7,9H2;(H,6,7)/t14-,15+,16+;/m0./s1. The number of carboxylic acid groups (broad SMARTS) is 1. The number of nitrogens with zero attached hydrogens (tertiary/aromatic N) is 2. The zero-order chi connectivity index (χ0) is 21.7. The van der Waals surface area contributed by atoms with Gasteiger partial charge in [0.05, 0.1) is 30.7 Å². The van der Waals surface area contributed by atoms with Gasteiger partial charge in [0.25, 0.3) is 5.91 Å². The fraction of sp³-hybridized carbons (Fsp3) is 0.421. The Kier molecular flexibility index (Phi) is 6.60. The molecule has 1 saturated heterocycles. The Hall–Kier alpha value is -3.08. The number of alkyl halides is 3. The van der Waals surface area contributed by atoms with E-state index in [-0.39, 0.29) is 24.2 Å². The van der Waals surface area contributed by atoms with Crippen molar-refractivity contribution in [3.8, 4) is 5.75 Å². The molecule has 2 aromatic rings. The second-order valence-corrected chi connectivity index (χ2v) is 6.64. The number of fused-ring (bicyclic) bond motifs is 1. The van der Waals surface area contributed by atoms with E-state index in [1.165, 1.54) is 12.5 Å². The van der Waals surface area contributed by atoms with E-state index in [2.05, 4.69) is 4.98 Å². The zero-order valence-electron chi connectivity index (χ0n) is 15.6. The average Bonchev–Trinajstić information content (AvgIpc) is 3.38. The van der Waals surface area contributed by atoms with Gasteiger partial charge in [-0.3, -0.25) is 9.78 Å². The molecule has 2 aliphatic rings. The second kappa shape index (κ2) is 9.16. The van der Waals surface area contributed by atoms with Crippen molar-refractivity contribution in [2.45, 2.75) is 37.3 Å². The number of amides is 1. The van der Waals surface area contributed by atoms with Crippen molar-refractivity contribution in [1.29, 1.82) is 0 Å². The Morgan fingerprint density at radius 2 is 2.03 bits per heavy atom. The molecule has 3 heterocycles. The van der Waals surface area contributed by atoms with Crippen LogP contribution in [0, 0.1) is 0 Å². The monoisotopic (exact) mass is 428 g/mol. The quantitative estimate of drug-likeness (QED) is 0.802. The largest absolute Gasteiger partial charge is 0.490 e. The van der Waals surface area contributed by atoms with Crippen LogP contribution in [0.25, 0.3) is 0 Å². The van der Waals surface area contributed by atoms with E-state index in [1.54, 1.807) is 18.5 Å². The first-order chi connectivity index (χ1) is 14.3.